The molecule has 0 unspecified atom stereocenters. The summed E-state index contributed by atoms with van der Waals surface area (Å²) in [6.07, 6.45) is 1.58. The number of hydrogen-bond acceptors (Lipinski definition) is 5. The lowest BCUT2D eigenvalue weighted by Crippen LogP contribution is -2.23. The number of carbonyl (C=O) groups excluding carboxylic acids is 2. The number of aromatic nitrogens is 2. The Bertz CT molecular complexity index is 1300. The van der Waals surface area contributed by atoms with E-state index < -0.39 is 0 Å². The number of benzene rings is 2. The normalized spacial score (nSPS) is 10.7. The summed E-state index contributed by atoms with van der Waals surface area (Å²) < 4.78 is 2.22. The van der Waals surface area contributed by atoms with Crippen molar-refractivity contribution in [3.05, 3.63) is 86.0 Å². The van der Waals surface area contributed by atoms with E-state index in [-0.39, 0.29) is 30.3 Å². The van der Waals surface area contributed by atoms with Crippen LogP contribution in [0.15, 0.2) is 75.6 Å². The summed E-state index contributed by atoms with van der Waals surface area (Å²) in [7, 11) is 0. The molecule has 0 aliphatic rings. The predicted octanol–water partition coefficient (Wildman–Crippen LogP) is 4.50. The van der Waals surface area contributed by atoms with Crippen LogP contribution in [0, 0.1) is 0 Å². The standard InChI is InChI=1S/C22H17BrN4O3S/c23-14-3-8-18-17(12-14)22(30)27(13-24-18)10-9-20(28)25-15-4-6-16(7-5-15)26-21(29)19-2-1-11-31-19/h1-8,11-13H,9-10H2,(H,25,28)(H,26,29). The zero-order valence-electron chi connectivity index (χ0n) is 16.2. The topological polar surface area (TPSA) is 93.1 Å². The Labute approximate surface area is 189 Å². The van der Waals surface area contributed by atoms with E-state index in [1.165, 1.54) is 22.2 Å². The van der Waals surface area contributed by atoms with Crippen LogP contribution < -0.4 is 16.2 Å². The lowest BCUT2D eigenvalue weighted by Gasteiger charge is -2.09. The van der Waals surface area contributed by atoms with Gasteiger partial charge in [0.05, 0.1) is 22.1 Å². The highest BCUT2D eigenvalue weighted by Gasteiger charge is 2.09. The van der Waals surface area contributed by atoms with Crippen molar-refractivity contribution in [3.8, 4) is 0 Å². The molecule has 2 amide bonds. The van der Waals surface area contributed by atoms with Crippen molar-refractivity contribution < 1.29 is 9.59 Å². The van der Waals surface area contributed by atoms with Gasteiger partial charge in [0.15, 0.2) is 0 Å². The molecule has 2 aromatic heterocycles. The molecule has 4 aromatic rings. The van der Waals surface area contributed by atoms with Gasteiger partial charge in [0.2, 0.25) is 5.91 Å². The molecule has 0 bridgehead atoms. The zero-order valence-corrected chi connectivity index (χ0v) is 18.6. The van der Waals surface area contributed by atoms with Crippen molar-refractivity contribution in [2.45, 2.75) is 13.0 Å². The minimum atomic E-state index is -0.225. The quantitative estimate of drug-likeness (QED) is 0.410. The van der Waals surface area contributed by atoms with E-state index >= 15 is 0 Å². The highest BCUT2D eigenvalue weighted by Crippen LogP contribution is 2.17. The minimum absolute atomic E-state index is 0.123. The molecule has 7 nitrogen and oxygen atoms in total. The van der Waals surface area contributed by atoms with Crippen molar-refractivity contribution in [1.29, 1.82) is 0 Å². The van der Waals surface area contributed by atoms with E-state index in [4.69, 9.17) is 0 Å². The number of amides is 2. The number of aryl methyl sites for hydroxylation is 1. The maximum absolute atomic E-state index is 12.6. The molecule has 2 N–H and O–H groups in total. The molecule has 9 heteroatoms. The number of thiophene rings is 1. The van der Waals surface area contributed by atoms with E-state index in [2.05, 4.69) is 31.5 Å². The van der Waals surface area contributed by atoms with Crippen molar-refractivity contribution in [2.24, 2.45) is 0 Å². The second-order valence-electron chi connectivity index (χ2n) is 6.71. The highest BCUT2D eigenvalue weighted by molar-refractivity contribution is 9.10. The van der Waals surface area contributed by atoms with Crippen LogP contribution in [0.5, 0.6) is 0 Å². The average molecular weight is 497 g/mol. The van der Waals surface area contributed by atoms with Gasteiger partial charge in [0, 0.05) is 28.8 Å². The summed E-state index contributed by atoms with van der Waals surface area (Å²) in [6, 6.07) is 15.7. The lowest BCUT2D eigenvalue weighted by molar-refractivity contribution is -0.116. The van der Waals surface area contributed by atoms with Crippen LogP contribution in [0.3, 0.4) is 0 Å². The van der Waals surface area contributed by atoms with Gasteiger partial charge in [0.1, 0.15) is 0 Å². The maximum Gasteiger partial charge on any atom is 0.265 e. The monoisotopic (exact) mass is 496 g/mol. The van der Waals surface area contributed by atoms with E-state index in [1.54, 1.807) is 42.5 Å². The largest absolute Gasteiger partial charge is 0.326 e. The molecule has 0 aliphatic heterocycles. The van der Waals surface area contributed by atoms with Gasteiger partial charge in [-0.05, 0) is 53.9 Å². The fourth-order valence-corrected chi connectivity index (χ4v) is 3.95. The first-order chi connectivity index (χ1) is 15.0. The van der Waals surface area contributed by atoms with Crippen LogP contribution in [-0.2, 0) is 11.3 Å². The van der Waals surface area contributed by atoms with Gasteiger partial charge < -0.3 is 10.6 Å². The van der Waals surface area contributed by atoms with Gasteiger partial charge in [-0.1, -0.05) is 22.0 Å². The van der Waals surface area contributed by atoms with Gasteiger partial charge in [-0.3, -0.25) is 19.0 Å². The summed E-state index contributed by atoms with van der Waals surface area (Å²) in [4.78, 5) is 41.9. The van der Waals surface area contributed by atoms with Gasteiger partial charge in [-0.25, -0.2) is 4.98 Å². The van der Waals surface area contributed by atoms with Gasteiger partial charge in [0.25, 0.3) is 11.5 Å². The van der Waals surface area contributed by atoms with Crippen molar-refractivity contribution in [1.82, 2.24) is 9.55 Å². The number of nitrogens with zero attached hydrogens (tertiary/aromatic N) is 2. The Morgan fingerprint density at radius 1 is 1.03 bits per heavy atom. The highest BCUT2D eigenvalue weighted by atomic mass is 79.9. The second-order valence-corrected chi connectivity index (χ2v) is 8.57. The third kappa shape index (κ3) is 5.07. The number of carbonyl (C=O) groups is 2. The first kappa shape index (κ1) is 21.0. The van der Waals surface area contributed by atoms with E-state index in [0.717, 1.165) is 4.47 Å². The number of rotatable bonds is 6. The maximum atomic E-state index is 12.6. The molecular weight excluding hydrogens is 480 g/mol. The van der Waals surface area contributed by atoms with Gasteiger partial charge >= 0.3 is 0 Å². The summed E-state index contributed by atoms with van der Waals surface area (Å²) in [6.45, 7) is 0.217. The average Bonchev–Trinajstić information content (AvgIpc) is 3.30. The SMILES string of the molecule is O=C(CCn1cnc2ccc(Br)cc2c1=O)Nc1ccc(NC(=O)c2cccs2)cc1. The molecule has 31 heavy (non-hydrogen) atoms. The number of fused-ring (bicyclic) bond motifs is 1. The first-order valence-electron chi connectivity index (χ1n) is 9.39. The van der Waals surface area contributed by atoms with E-state index in [1.807, 2.05) is 17.5 Å². The molecule has 0 aliphatic carbocycles. The van der Waals surface area contributed by atoms with Gasteiger partial charge in [-0.2, -0.15) is 0 Å². The molecular formula is C22H17BrN4O3S. The van der Waals surface area contributed by atoms with Crippen LogP contribution >= 0.6 is 27.3 Å². The number of nitrogens with one attached hydrogen (secondary N) is 2. The predicted molar refractivity (Wildman–Crippen MR) is 126 cm³/mol. The molecule has 0 fully saturated rings. The Balaban J connectivity index is 1.35. The molecule has 0 spiro atoms. The Kier molecular flexibility index (Phi) is 6.24. The van der Waals surface area contributed by atoms with E-state index in [9.17, 15) is 14.4 Å². The van der Waals surface area contributed by atoms with Gasteiger partial charge in [-0.15, -0.1) is 11.3 Å². The van der Waals surface area contributed by atoms with Crippen molar-refractivity contribution in [3.63, 3.8) is 0 Å². The van der Waals surface area contributed by atoms with Crippen LogP contribution in [0.1, 0.15) is 16.1 Å². The summed E-state index contributed by atoms with van der Waals surface area (Å²) in [5, 5.41) is 7.94. The summed E-state index contributed by atoms with van der Waals surface area (Å²) in [5.41, 5.74) is 1.66. The lowest BCUT2D eigenvalue weighted by atomic mass is 10.2. The van der Waals surface area contributed by atoms with E-state index in [0.29, 0.717) is 27.2 Å². The van der Waals surface area contributed by atoms with Crippen molar-refractivity contribution >= 4 is 61.4 Å². The molecule has 0 saturated heterocycles. The Morgan fingerprint density at radius 2 is 1.77 bits per heavy atom. The fraction of sp³-hybridized carbons (Fsp3) is 0.0909. The summed E-state index contributed by atoms with van der Waals surface area (Å²) >= 11 is 4.72. The molecule has 2 heterocycles. The van der Waals surface area contributed by atoms with Crippen LogP contribution in [0.4, 0.5) is 11.4 Å². The molecule has 0 atom stereocenters. The molecule has 156 valence electrons. The number of anilines is 2. The van der Waals surface area contributed by atoms with Crippen LogP contribution in [0.25, 0.3) is 10.9 Å². The molecule has 2 aromatic carbocycles. The minimum Gasteiger partial charge on any atom is -0.326 e. The number of hydrogen-bond donors (Lipinski definition) is 2. The third-order valence-electron chi connectivity index (χ3n) is 4.54. The second kappa shape index (κ2) is 9.23. The fourth-order valence-electron chi connectivity index (χ4n) is 2.97. The smallest absolute Gasteiger partial charge is 0.265 e. The third-order valence-corrected chi connectivity index (χ3v) is 5.90. The molecule has 0 radical (unpaired) electrons. The first-order valence-corrected chi connectivity index (χ1v) is 11.1. The Morgan fingerprint density at radius 3 is 2.48 bits per heavy atom. The molecule has 0 saturated carbocycles. The molecule has 4 rings (SSSR count). The zero-order chi connectivity index (χ0) is 21.8. The van der Waals surface area contributed by atoms with Crippen molar-refractivity contribution in [2.75, 3.05) is 10.6 Å². The Hall–Kier alpha value is -3.30. The van der Waals surface area contributed by atoms with Crippen LogP contribution in [0.2, 0.25) is 0 Å². The summed E-state index contributed by atoms with van der Waals surface area (Å²) in [5.74, 6) is -0.398. The van der Waals surface area contributed by atoms with Crippen LogP contribution in [-0.4, -0.2) is 21.4 Å². The number of halogens is 1.